The van der Waals surface area contributed by atoms with Crippen LogP contribution in [-0.4, -0.2) is 13.0 Å². The van der Waals surface area contributed by atoms with Crippen molar-refractivity contribution in [1.82, 2.24) is 5.32 Å². The average Bonchev–Trinajstić information content (AvgIpc) is 2.71. The molecule has 1 amide bonds. The zero-order chi connectivity index (χ0) is 19.1. The Labute approximate surface area is 160 Å². The average molecular weight is 360 g/mol. The number of ether oxygens (including phenoxy) is 1. The van der Waals surface area contributed by atoms with E-state index in [0.29, 0.717) is 6.54 Å². The summed E-state index contributed by atoms with van der Waals surface area (Å²) < 4.78 is 5.16. The van der Waals surface area contributed by atoms with Gasteiger partial charge in [-0.3, -0.25) is 10.1 Å². The smallest absolute Gasteiger partial charge is 0.246 e. The molecule has 0 saturated heterocycles. The number of nitrogens with one attached hydrogen (secondary N) is 2. The highest BCUT2D eigenvalue weighted by Gasteiger charge is 2.20. The number of rotatable bonds is 7. The third-order valence-corrected chi connectivity index (χ3v) is 4.38. The van der Waals surface area contributed by atoms with Crippen LogP contribution in [0.1, 0.15) is 22.7 Å². The third-order valence-electron chi connectivity index (χ3n) is 4.38. The summed E-state index contributed by atoms with van der Waals surface area (Å²) in [6, 6.07) is 24.9. The molecular weight excluding hydrogens is 336 g/mol. The molecule has 4 heteroatoms. The molecular formula is C23H24N2O2. The lowest BCUT2D eigenvalue weighted by atomic mass is 10.1. The lowest BCUT2D eigenvalue weighted by molar-refractivity contribution is -0.118. The molecule has 0 bridgehead atoms. The molecule has 0 saturated carbocycles. The Morgan fingerprint density at radius 1 is 0.926 bits per heavy atom. The molecule has 4 nitrogen and oxygen atoms in total. The molecule has 3 aromatic carbocycles. The van der Waals surface area contributed by atoms with E-state index in [1.165, 1.54) is 5.56 Å². The number of benzene rings is 3. The molecule has 0 aliphatic heterocycles. The molecule has 27 heavy (non-hydrogen) atoms. The highest BCUT2D eigenvalue weighted by molar-refractivity contribution is 5.95. The molecule has 0 radical (unpaired) electrons. The van der Waals surface area contributed by atoms with Crippen LogP contribution in [0.3, 0.4) is 0 Å². The monoisotopic (exact) mass is 360 g/mol. The van der Waals surface area contributed by atoms with Crippen molar-refractivity contribution in [3.05, 3.63) is 95.6 Å². The van der Waals surface area contributed by atoms with Crippen LogP contribution in [0.5, 0.6) is 5.75 Å². The standard InChI is InChI=1S/C23H24N2O2/c1-17-8-10-18(11-9-17)16-24-22(19-6-4-3-5-7-19)23(26)25-20-12-14-21(27-2)15-13-20/h3-15,22,24H,16H2,1-2H3,(H,25,26). The minimum absolute atomic E-state index is 0.0986. The van der Waals surface area contributed by atoms with Crippen molar-refractivity contribution in [3.8, 4) is 5.75 Å². The van der Waals surface area contributed by atoms with Gasteiger partial charge >= 0.3 is 0 Å². The van der Waals surface area contributed by atoms with Crippen molar-refractivity contribution >= 4 is 11.6 Å². The molecule has 3 aromatic rings. The first-order chi connectivity index (χ1) is 13.2. The topological polar surface area (TPSA) is 50.4 Å². The molecule has 0 fully saturated rings. The highest BCUT2D eigenvalue weighted by atomic mass is 16.5. The van der Waals surface area contributed by atoms with Gasteiger partial charge < -0.3 is 10.1 Å². The maximum absolute atomic E-state index is 12.9. The van der Waals surface area contributed by atoms with Gasteiger partial charge in [-0.1, -0.05) is 60.2 Å². The summed E-state index contributed by atoms with van der Waals surface area (Å²) in [6.45, 7) is 2.67. The van der Waals surface area contributed by atoms with E-state index in [4.69, 9.17) is 4.74 Å². The molecule has 0 spiro atoms. The first-order valence-corrected chi connectivity index (χ1v) is 8.94. The zero-order valence-electron chi connectivity index (χ0n) is 15.6. The summed E-state index contributed by atoms with van der Waals surface area (Å²) in [4.78, 5) is 12.9. The zero-order valence-corrected chi connectivity index (χ0v) is 15.6. The largest absolute Gasteiger partial charge is 0.497 e. The van der Waals surface area contributed by atoms with Gasteiger partial charge in [0, 0.05) is 12.2 Å². The van der Waals surface area contributed by atoms with Crippen molar-refractivity contribution in [2.75, 3.05) is 12.4 Å². The molecule has 138 valence electrons. The van der Waals surface area contributed by atoms with E-state index in [1.54, 1.807) is 7.11 Å². The second-order valence-corrected chi connectivity index (χ2v) is 6.43. The van der Waals surface area contributed by atoms with Crippen LogP contribution in [0.2, 0.25) is 0 Å². The van der Waals surface area contributed by atoms with E-state index in [2.05, 4.69) is 41.8 Å². The van der Waals surface area contributed by atoms with Gasteiger partial charge in [-0.15, -0.1) is 0 Å². The SMILES string of the molecule is COc1ccc(NC(=O)C(NCc2ccc(C)cc2)c2ccccc2)cc1. The normalized spacial score (nSPS) is 11.6. The fourth-order valence-corrected chi connectivity index (χ4v) is 2.82. The van der Waals surface area contributed by atoms with E-state index in [-0.39, 0.29) is 5.91 Å². The number of hydrogen-bond donors (Lipinski definition) is 2. The molecule has 2 N–H and O–H groups in total. The van der Waals surface area contributed by atoms with Gasteiger partial charge in [0.1, 0.15) is 11.8 Å². The molecule has 0 aliphatic carbocycles. The molecule has 0 aliphatic rings. The molecule has 0 heterocycles. The Morgan fingerprint density at radius 3 is 2.22 bits per heavy atom. The van der Waals surface area contributed by atoms with E-state index >= 15 is 0 Å². The number of aryl methyl sites for hydroxylation is 1. The van der Waals surface area contributed by atoms with Crippen LogP contribution in [0, 0.1) is 6.92 Å². The van der Waals surface area contributed by atoms with Crippen LogP contribution in [0.4, 0.5) is 5.69 Å². The summed E-state index contributed by atoms with van der Waals surface area (Å²) in [7, 11) is 1.62. The minimum atomic E-state index is -0.449. The fraction of sp³-hybridized carbons (Fsp3) is 0.174. The maximum Gasteiger partial charge on any atom is 0.246 e. The minimum Gasteiger partial charge on any atom is -0.497 e. The predicted molar refractivity (Wildman–Crippen MR) is 109 cm³/mol. The summed E-state index contributed by atoms with van der Waals surface area (Å²) >= 11 is 0. The maximum atomic E-state index is 12.9. The van der Waals surface area contributed by atoms with Gasteiger partial charge in [0.15, 0.2) is 0 Å². The second kappa shape index (κ2) is 9.01. The third kappa shape index (κ3) is 5.19. The van der Waals surface area contributed by atoms with Gasteiger partial charge in [-0.25, -0.2) is 0 Å². The second-order valence-electron chi connectivity index (χ2n) is 6.43. The van der Waals surface area contributed by atoms with Gasteiger partial charge in [0.05, 0.1) is 7.11 Å². The summed E-state index contributed by atoms with van der Waals surface area (Å²) in [5, 5.41) is 6.36. The van der Waals surface area contributed by atoms with Gasteiger partial charge in [-0.2, -0.15) is 0 Å². The van der Waals surface area contributed by atoms with Crippen LogP contribution >= 0.6 is 0 Å². The fourth-order valence-electron chi connectivity index (χ4n) is 2.82. The Morgan fingerprint density at radius 2 is 1.59 bits per heavy atom. The number of amides is 1. The van der Waals surface area contributed by atoms with E-state index in [0.717, 1.165) is 22.6 Å². The number of anilines is 1. The molecule has 1 atom stereocenters. The van der Waals surface area contributed by atoms with E-state index in [1.807, 2.05) is 54.6 Å². The predicted octanol–water partition coefficient (Wildman–Crippen LogP) is 4.47. The Kier molecular flexibility index (Phi) is 6.23. The van der Waals surface area contributed by atoms with Crippen LogP contribution in [0.15, 0.2) is 78.9 Å². The number of carbonyl (C=O) groups is 1. The van der Waals surface area contributed by atoms with Gasteiger partial charge in [0.25, 0.3) is 0 Å². The van der Waals surface area contributed by atoms with Crippen LogP contribution in [-0.2, 0) is 11.3 Å². The van der Waals surface area contributed by atoms with Crippen molar-refractivity contribution < 1.29 is 9.53 Å². The first kappa shape index (κ1) is 18.7. The van der Waals surface area contributed by atoms with Crippen molar-refractivity contribution in [3.63, 3.8) is 0 Å². The highest BCUT2D eigenvalue weighted by Crippen LogP contribution is 2.19. The Bertz CT molecular complexity index is 859. The summed E-state index contributed by atoms with van der Waals surface area (Å²) in [5.74, 6) is 0.656. The number of methoxy groups -OCH3 is 1. The number of carbonyl (C=O) groups excluding carboxylic acids is 1. The van der Waals surface area contributed by atoms with Crippen molar-refractivity contribution in [2.24, 2.45) is 0 Å². The lowest BCUT2D eigenvalue weighted by Crippen LogP contribution is -2.32. The van der Waals surface area contributed by atoms with Crippen LogP contribution in [0.25, 0.3) is 0 Å². The van der Waals surface area contributed by atoms with E-state index < -0.39 is 6.04 Å². The van der Waals surface area contributed by atoms with E-state index in [9.17, 15) is 4.79 Å². The molecule has 1 unspecified atom stereocenters. The summed E-state index contributed by atoms with van der Waals surface area (Å²) in [6.07, 6.45) is 0. The van der Waals surface area contributed by atoms with Gasteiger partial charge in [-0.05, 0) is 42.3 Å². The molecule has 3 rings (SSSR count). The number of hydrogen-bond acceptors (Lipinski definition) is 3. The quantitative estimate of drug-likeness (QED) is 0.653. The van der Waals surface area contributed by atoms with Crippen LogP contribution < -0.4 is 15.4 Å². The Hall–Kier alpha value is -3.11. The molecule has 0 aromatic heterocycles. The van der Waals surface area contributed by atoms with Crippen molar-refractivity contribution in [1.29, 1.82) is 0 Å². The Balaban J connectivity index is 1.74. The first-order valence-electron chi connectivity index (χ1n) is 8.94. The lowest BCUT2D eigenvalue weighted by Gasteiger charge is -2.19. The summed E-state index contributed by atoms with van der Waals surface area (Å²) in [5.41, 5.74) is 4.02. The van der Waals surface area contributed by atoms with Crippen molar-refractivity contribution in [2.45, 2.75) is 19.5 Å². The van der Waals surface area contributed by atoms with Gasteiger partial charge in [0.2, 0.25) is 5.91 Å².